The smallest absolute Gasteiger partial charge is 0.271 e. The van der Waals surface area contributed by atoms with Gasteiger partial charge in [0.15, 0.2) is 5.11 Å². The summed E-state index contributed by atoms with van der Waals surface area (Å²) in [6.07, 6.45) is 2.96. The van der Waals surface area contributed by atoms with E-state index in [-0.39, 0.29) is 17.1 Å². The van der Waals surface area contributed by atoms with Crippen molar-refractivity contribution in [2.45, 2.75) is 6.42 Å². The predicted octanol–water partition coefficient (Wildman–Crippen LogP) is 1.71. The predicted molar refractivity (Wildman–Crippen MR) is 79.8 cm³/mol. The van der Waals surface area contributed by atoms with Gasteiger partial charge in [-0.1, -0.05) is 11.8 Å². The lowest BCUT2D eigenvalue weighted by Gasteiger charge is -2.16. The minimum Gasteiger partial charge on any atom is -0.871 e. The molecule has 0 unspecified atom stereocenters. The third-order valence-corrected chi connectivity index (χ3v) is 3.18. The monoisotopic (exact) mass is 300 g/mol. The van der Waals surface area contributed by atoms with Crippen molar-refractivity contribution in [2.24, 2.45) is 0 Å². The molecule has 0 amide bonds. The molecule has 0 aliphatic heterocycles. The zero-order chi connectivity index (χ0) is 14.3. The van der Waals surface area contributed by atoms with E-state index in [2.05, 4.69) is 10.6 Å². The van der Waals surface area contributed by atoms with Gasteiger partial charge in [0.25, 0.3) is 5.69 Å². The number of nitrogens with one attached hydrogen (secondary N) is 2. The van der Waals surface area contributed by atoms with Crippen molar-refractivity contribution in [2.75, 3.05) is 23.9 Å². The van der Waals surface area contributed by atoms with Crippen molar-refractivity contribution < 1.29 is 10.0 Å². The largest absolute Gasteiger partial charge is 0.871 e. The Balaban J connectivity index is 2.58. The SMILES string of the molecule is CSCCCNC(=S)Nc1cc([N+](=O)[O-])ccc1[O-]. The fourth-order valence-electron chi connectivity index (χ4n) is 1.31. The molecule has 0 aliphatic rings. The molecule has 1 aromatic rings. The lowest BCUT2D eigenvalue weighted by Crippen LogP contribution is -2.29. The van der Waals surface area contributed by atoms with Gasteiger partial charge in [0.2, 0.25) is 0 Å². The van der Waals surface area contributed by atoms with Crippen LogP contribution in [0.15, 0.2) is 18.2 Å². The molecule has 0 atom stereocenters. The van der Waals surface area contributed by atoms with Crippen molar-refractivity contribution in [3.63, 3.8) is 0 Å². The third kappa shape index (κ3) is 5.31. The zero-order valence-electron chi connectivity index (χ0n) is 10.3. The van der Waals surface area contributed by atoms with Crippen LogP contribution in [0.5, 0.6) is 5.75 Å². The van der Waals surface area contributed by atoms with Crippen molar-refractivity contribution in [3.05, 3.63) is 28.3 Å². The summed E-state index contributed by atoms with van der Waals surface area (Å²) in [5, 5.41) is 28.1. The van der Waals surface area contributed by atoms with E-state index < -0.39 is 4.92 Å². The van der Waals surface area contributed by atoms with Crippen LogP contribution in [-0.2, 0) is 0 Å². The first kappa shape index (κ1) is 15.5. The molecule has 6 nitrogen and oxygen atoms in total. The lowest BCUT2D eigenvalue weighted by molar-refractivity contribution is -0.385. The number of thioether (sulfide) groups is 1. The highest BCUT2D eigenvalue weighted by molar-refractivity contribution is 7.98. The quantitative estimate of drug-likeness (QED) is 0.358. The molecule has 0 spiro atoms. The van der Waals surface area contributed by atoms with Crippen LogP contribution >= 0.6 is 24.0 Å². The molecule has 8 heteroatoms. The summed E-state index contributed by atoms with van der Waals surface area (Å²) in [5.74, 6) is 0.679. The Hall–Kier alpha value is -1.54. The molecule has 1 aromatic carbocycles. The fraction of sp³-hybridized carbons (Fsp3) is 0.364. The number of benzene rings is 1. The van der Waals surface area contributed by atoms with Gasteiger partial charge in [-0.25, -0.2) is 0 Å². The van der Waals surface area contributed by atoms with Gasteiger partial charge in [-0.2, -0.15) is 11.8 Å². The number of hydrogen-bond donors (Lipinski definition) is 2. The van der Waals surface area contributed by atoms with Crippen LogP contribution in [0.4, 0.5) is 11.4 Å². The Morgan fingerprint density at radius 2 is 2.26 bits per heavy atom. The van der Waals surface area contributed by atoms with Crippen LogP contribution in [-0.4, -0.2) is 28.6 Å². The maximum atomic E-state index is 11.5. The van der Waals surface area contributed by atoms with Gasteiger partial charge in [0, 0.05) is 24.4 Å². The molecule has 0 heterocycles. The average Bonchev–Trinajstić information content (AvgIpc) is 2.37. The van der Waals surface area contributed by atoms with E-state index in [1.54, 1.807) is 11.8 Å². The molecule has 0 saturated carbocycles. The van der Waals surface area contributed by atoms with Crippen LogP contribution in [0.2, 0.25) is 0 Å². The van der Waals surface area contributed by atoms with Gasteiger partial charge in [0.05, 0.1) is 4.92 Å². The number of nitro groups is 1. The van der Waals surface area contributed by atoms with Gasteiger partial charge in [-0.15, -0.1) is 0 Å². The van der Waals surface area contributed by atoms with E-state index in [0.717, 1.165) is 18.2 Å². The first-order valence-electron chi connectivity index (χ1n) is 5.54. The van der Waals surface area contributed by atoms with E-state index in [1.165, 1.54) is 12.1 Å². The van der Waals surface area contributed by atoms with E-state index in [4.69, 9.17) is 12.2 Å². The molecule has 104 valence electrons. The Morgan fingerprint density at radius 3 is 2.89 bits per heavy atom. The van der Waals surface area contributed by atoms with Crippen molar-refractivity contribution >= 4 is 40.5 Å². The van der Waals surface area contributed by atoms with Gasteiger partial charge in [-0.05, 0) is 30.6 Å². The Bertz CT molecular complexity index is 468. The number of nitro benzene ring substituents is 1. The number of hydrogen-bond acceptors (Lipinski definition) is 5. The normalized spacial score (nSPS) is 9.95. The molecule has 1 rings (SSSR count). The standard InChI is InChI=1S/C11H15N3O3S2/c1-19-6-2-5-12-11(18)13-9-7-8(14(16)17)3-4-10(9)15/h3-4,7,15H,2,5-6H2,1H3,(H2,12,13,18)/p-1. The minimum absolute atomic E-state index is 0.108. The molecule has 0 fully saturated rings. The molecule has 19 heavy (non-hydrogen) atoms. The minimum atomic E-state index is -0.556. The molecule has 0 aliphatic carbocycles. The number of non-ortho nitro benzene ring substituents is 1. The van der Waals surface area contributed by atoms with Crippen LogP contribution < -0.4 is 15.7 Å². The molecular formula is C11H14N3O3S2-. The first-order chi connectivity index (χ1) is 9.04. The van der Waals surface area contributed by atoms with E-state index >= 15 is 0 Å². The second-order valence-corrected chi connectivity index (χ2v) is 5.06. The molecular weight excluding hydrogens is 286 g/mol. The van der Waals surface area contributed by atoms with Crippen LogP contribution in [0, 0.1) is 10.1 Å². The molecule has 0 aromatic heterocycles. The summed E-state index contributed by atoms with van der Waals surface area (Å²) in [4.78, 5) is 10.1. The highest BCUT2D eigenvalue weighted by atomic mass is 32.2. The summed E-state index contributed by atoms with van der Waals surface area (Å²) in [5.41, 5.74) is -0.0381. The Kier molecular flexibility index (Phi) is 6.37. The van der Waals surface area contributed by atoms with Crippen molar-refractivity contribution in [3.8, 4) is 5.75 Å². The summed E-state index contributed by atoms with van der Waals surface area (Å²) in [6, 6.07) is 3.50. The Morgan fingerprint density at radius 1 is 1.53 bits per heavy atom. The molecule has 0 saturated heterocycles. The van der Waals surface area contributed by atoms with Crippen molar-refractivity contribution in [1.29, 1.82) is 0 Å². The zero-order valence-corrected chi connectivity index (χ0v) is 12.0. The number of thiocarbonyl (C=S) groups is 1. The Labute approximate surface area is 120 Å². The van der Waals surface area contributed by atoms with Crippen molar-refractivity contribution in [1.82, 2.24) is 5.32 Å². The van der Waals surface area contributed by atoms with E-state index in [0.29, 0.717) is 11.7 Å². The fourth-order valence-corrected chi connectivity index (χ4v) is 1.96. The molecule has 0 radical (unpaired) electrons. The lowest BCUT2D eigenvalue weighted by atomic mass is 10.2. The average molecular weight is 300 g/mol. The van der Waals surface area contributed by atoms with Crippen LogP contribution in [0.25, 0.3) is 0 Å². The van der Waals surface area contributed by atoms with Crippen LogP contribution in [0.1, 0.15) is 6.42 Å². The van der Waals surface area contributed by atoms with Gasteiger partial charge < -0.3 is 15.7 Å². The summed E-state index contributed by atoms with van der Waals surface area (Å²) >= 11 is 6.75. The van der Waals surface area contributed by atoms with Gasteiger partial charge >= 0.3 is 0 Å². The molecule has 2 N–H and O–H groups in total. The maximum absolute atomic E-state index is 11.5. The summed E-state index contributed by atoms with van der Waals surface area (Å²) < 4.78 is 0. The number of rotatable bonds is 6. The topological polar surface area (TPSA) is 90.3 Å². The maximum Gasteiger partial charge on any atom is 0.271 e. The molecule has 0 bridgehead atoms. The number of anilines is 1. The highest BCUT2D eigenvalue weighted by Gasteiger charge is 2.07. The van der Waals surface area contributed by atoms with Gasteiger partial charge in [-0.3, -0.25) is 10.1 Å². The van der Waals surface area contributed by atoms with Crippen LogP contribution in [0.3, 0.4) is 0 Å². The van der Waals surface area contributed by atoms with E-state index in [1.807, 2.05) is 6.26 Å². The second kappa shape index (κ2) is 7.80. The summed E-state index contributed by atoms with van der Waals surface area (Å²) in [6.45, 7) is 0.690. The second-order valence-electron chi connectivity index (χ2n) is 3.66. The highest BCUT2D eigenvalue weighted by Crippen LogP contribution is 2.25. The van der Waals surface area contributed by atoms with E-state index in [9.17, 15) is 15.2 Å². The first-order valence-corrected chi connectivity index (χ1v) is 7.34. The summed E-state index contributed by atoms with van der Waals surface area (Å²) in [7, 11) is 0. The number of nitrogens with zero attached hydrogens (tertiary/aromatic N) is 1. The van der Waals surface area contributed by atoms with Gasteiger partial charge in [0.1, 0.15) is 0 Å². The third-order valence-electron chi connectivity index (χ3n) is 2.23.